The number of anilines is 3. The van der Waals surface area contributed by atoms with Crippen molar-refractivity contribution in [2.45, 2.75) is 19.3 Å². The van der Waals surface area contributed by atoms with E-state index < -0.39 is 0 Å². The molecule has 0 aliphatic heterocycles. The van der Waals surface area contributed by atoms with Gasteiger partial charge < -0.3 is 9.32 Å². The minimum atomic E-state index is -0.0458. The van der Waals surface area contributed by atoms with E-state index in [1.807, 2.05) is 0 Å². The fraction of sp³-hybridized carbons (Fsp3) is 0.0526. The Hall–Kier alpha value is -7.42. The van der Waals surface area contributed by atoms with Crippen molar-refractivity contribution in [3.63, 3.8) is 0 Å². The van der Waals surface area contributed by atoms with Gasteiger partial charge in [-0.05, 0) is 116 Å². The van der Waals surface area contributed by atoms with Crippen LogP contribution >= 0.6 is 0 Å². The lowest BCUT2D eigenvalue weighted by atomic mass is 9.81. The van der Waals surface area contributed by atoms with Gasteiger partial charge in [-0.1, -0.05) is 172 Å². The molecular weight excluding hydrogens is 715 g/mol. The molecular formula is C57H41NO. The summed E-state index contributed by atoms with van der Waals surface area (Å²) in [6, 6.07) is 76.6. The monoisotopic (exact) mass is 755 g/mol. The Bertz CT molecular complexity index is 3060. The normalized spacial score (nSPS) is 12.7. The van der Waals surface area contributed by atoms with Gasteiger partial charge in [-0.2, -0.15) is 0 Å². The SMILES string of the molecule is CC1(C)c2ccccc2-c2ccc(-c3ccc4oc5c(-c6ccc(N(c7ccc(-c8ccccc8)cc7)c7ccc(-c8ccccc8)cc7)cc6)cccc5c4c3)cc21. The number of fused-ring (bicyclic) bond motifs is 6. The Morgan fingerprint density at radius 2 is 0.814 bits per heavy atom. The van der Waals surface area contributed by atoms with Crippen LogP contribution in [0.5, 0.6) is 0 Å². The first-order chi connectivity index (χ1) is 29.0. The predicted octanol–water partition coefficient (Wildman–Crippen LogP) is 16.0. The molecule has 0 bridgehead atoms. The molecule has 10 aromatic rings. The van der Waals surface area contributed by atoms with Gasteiger partial charge in [0.15, 0.2) is 0 Å². The van der Waals surface area contributed by atoms with Gasteiger partial charge in [0, 0.05) is 38.8 Å². The predicted molar refractivity (Wildman–Crippen MR) is 248 cm³/mol. The summed E-state index contributed by atoms with van der Waals surface area (Å²) in [5.74, 6) is 0. The molecule has 0 saturated carbocycles. The summed E-state index contributed by atoms with van der Waals surface area (Å²) in [5.41, 5.74) is 19.9. The van der Waals surface area contributed by atoms with Gasteiger partial charge in [0.25, 0.3) is 0 Å². The topological polar surface area (TPSA) is 16.4 Å². The van der Waals surface area contributed by atoms with Gasteiger partial charge in [-0.3, -0.25) is 0 Å². The van der Waals surface area contributed by atoms with E-state index in [0.717, 1.165) is 50.1 Å². The van der Waals surface area contributed by atoms with E-state index in [1.54, 1.807) is 0 Å². The molecule has 1 aliphatic carbocycles. The second-order valence-corrected chi connectivity index (χ2v) is 16.1. The van der Waals surface area contributed by atoms with Crippen molar-refractivity contribution in [2.24, 2.45) is 0 Å². The van der Waals surface area contributed by atoms with E-state index in [0.29, 0.717) is 0 Å². The van der Waals surface area contributed by atoms with E-state index in [-0.39, 0.29) is 5.41 Å². The summed E-state index contributed by atoms with van der Waals surface area (Å²) in [5, 5.41) is 2.25. The smallest absolute Gasteiger partial charge is 0.143 e. The molecule has 0 unspecified atom stereocenters. The first kappa shape index (κ1) is 34.8. The number of nitrogens with zero attached hydrogens (tertiary/aromatic N) is 1. The fourth-order valence-corrected chi connectivity index (χ4v) is 9.19. The van der Waals surface area contributed by atoms with Crippen LogP contribution in [0.2, 0.25) is 0 Å². The molecule has 2 nitrogen and oxygen atoms in total. The quantitative estimate of drug-likeness (QED) is 0.161. The summed E-state index contributed by atoms with van der Waals surface area (Å²) in [6.45, 7) is 4.68. The fourth-order valence-electron chi connectivity index (χ4n) is 9.19. The maximum absolute atomic E-state index is 6.68. The molecule has 0 fully saturated rings. The average molecular weight is 756 g/mol. The summed E-state index contributed by atoms with van der Waals surface area (Å²) in [4.78, 5) is 2.33. The van der Waals surface area contributed by atoms with Crippen molar-refractivity contribution in [3.05, 3.63) is 223 Å². The molecule has 0 radical (unpaired) electrons. The minimum Gasteiger partial charge on any atom is -0.455 e. The van der Waals surface area contributed by atoms with E-state index in [1.165, 1.54) is 55.6 Å². The van der Waals surface area contributed by atoms with Crippen LogP contribution in [0.3, 0.4) is 0 Å². The molecule has 1 aliphatic rings. The summed E-state index contributed by atoms with van der Waals surface area (Å²) >= 11 is 0. The number of benzene rings is 9. The van der Waals surface area contributed by atoms with Crippen LogP contribution in [0.15, 0.2) is 217 Å². The van der Waals surface area contributed by atoms with Crippen molar-refractivity contribution < 1.29 is 4.42 Å². The molecule has 0 saturated heterocycles. The minimum absolute atomic E-state index is 0.0458. The molecule has 11 rings (SSSR count). The molecule has 0 atom stereocenters. The van der Waals surface area contributed by atoms with Crippen molar-refractivity contribution in [1.82, 2.24) is 0 Å². The summed E-state index contributed by atoms with van der Waals surface area (Å²) in [6.07, 6.45) is 0. The molecule has 1 heterocycles. The first-order valence-corrected chi connectivity index (χ1v) is 20.4. The van der Waals surface area contributed by atoms with Crippen molar-refractivity contribution in [1.29, 1.82) is 0 Å². The molecule has 0 amide bonds. The van der Waals surface area contributed by atoms with Gasteiger partial charge in [0.1, 0.15) is 11.2 Å². The molecule has 9 aromatic carbocycles. The van der Waals surface area contributed by atoms with E-state index in [4.69, 9.17) is 4.42 Å². The molecule has 1 aromatic heterocycles. The number of hydrogen-bond donors (Lipinski definition) is 0. The van der Waals surface area contributed by atoms with Crippen LogP contribution < -0.4 is 4.90 Å². The third-order valence-electron chi connectivity index (χ3n) is 12.3. The van der Waals surface area contributed by atoms with Gasteiger partial charge in [0.05, 0.1) is 0 Å². The highest BCUT2D eigenvalue weighted by Crippen LogP contribution is 2.50. The van der Waals surface area contributed by atoms with E-state index in [2.05, 4.69) is 231 Å². The van der Waals surface area contributed by atoms with Crippen molar-refractivity contribution in [3.8, 4) is 55.6 Å². The Kier molecular flexibility index (Phi) is 8.20. The number of hydrogen-bond acceptors (Lipinski definition) is 2. The average Bonchev–Trinajstić information content (AvgIpc) is 3.79. The largest absolute Gasteiger partial charge is 0.455 e. The van der Waals surface area contributed by atoms with Crippen LogP contribution in [0, 0.1) is 0 Å². The maximum atomic E-state index is 6.68. The first-order valence-electron chi connectivity index (χ1n) is 20.4. The summed E-state index contributed by atoms with van der Waals surface area (Å²) < 4.78 is 6.68. The van der Waals surface area contributed by atoms with E-state index >= 15 is 0 Å². The van der Waals surface area contributed by atoms with E-state index in [9.17, 15) is 0 Å². The van der Waals surface area contributed by atoms with Crippen LogP contribution in [0.1, 0.15) is 25.0 Å². The van der Waals surface area contributed by atoms with Gasteiger partial charge in [0.2, 0.25) is 0 Å². The Morgan fingerprint density at radius 3 is 1.44 bits per heavy atom. The second kappa shape index (κ2) is 13.9. The van der Waals surface area contributed by atoms with Gasteiger partial charge in [-0.25, -0.2) is 0 Å². The lowest BCUT2D eigenvalue weighted by molar-refractivity contribution is 0.660. The van der Waals surface area contributed by atoms with Crippen molar-refractivity contribution in [2.75, 3.05) is 4.90 Å². The highest BCUT2D eigenvalue weighted by molar-refractivity contribution is 6.10. The lowest BCUT2D eigenvalue weighted by Crippen LogP contribution is -2.14. The standard InChI is InChI=1S/C57H41NO/c1-57(2)53-19-10-9-16-49(53)50-34-26-44(37-54(50)57)43-27-35-55-52(36-43)51-18-11-17-48(56(51)59-55)42-24-32-47(33-25-42)58(45-28-20-40(21-29-45)38-12-5-3-6-13-38)46-30-22-41(23-31-46)39-14-7-4-8-15-39/h3-37H,1-2H3. The Labute approximate surface area is 345 Å². The zero-order valence-electron chi connectivity index (χ0n) is 33.1. The zero-order valence-corrected chi connectivity index (χ0v) is 33.1. The third-order valence-corrected chi connectivity index (χ3v) is 12.3. The lowest BCUT2D eigenvalue weighted by Gasteiger charge is -2.26. The van der Waals surface area contributed by atoms with Crippen LogP contribution in [0.25, 0.3) is 77.6 Å². The molecule has 280 valence electrons. The molecule has 0 N–H and O–H groups in total. The van der Waals surface area contributed by atoms with Crippen LogP contribution in [0.4, 0.5) is 17.1 Å². The maximum Gasteiger partial charge on any atom is 0.143 e. The van der Waals surface area contributed by atoms with Gasteiger partial charge >= 0.3 is 0 Å². The molecule has 2 heteroatoms. The van der Waals surface area contributed by atoms with Crippen molar-refractivity contribution >= 4 is 39.0 Å². The Morgan fingerprint density at radius 1 is 0.339 bits per heavy atom. The highest BCUT2D eigenvalue weighted by Gasteiger charge is 2.35. The third kappa shape index (κ3) is 5.96. The van der Waals surface area contributed by atoms with Crippen LogP contribution in [-0.4, -0.2) is 0 Å². The Balaban J connectivity index is 0.946. The number of rotatable bonds is 7. The summed E-state index contributed by atoms with van der Waals surface area (Å²) in [7, 11) is 0. The van der Waals surface area contributed by atoms with Crippen LogP contribution in [-0.2, 0) is 5.41 Å². The highest BCUT2D eigenvalue weighted by atomic mass is 16.3. The van der Waals surface area contributed by atoms with Gasteiger partial charge in [-0.15, -0.1) is 0 Å². The second-order valence-electron chi connectivity index (χ2n) is 16.1. The number of para-hydroxylation sites is 1. The molecule has 59 heavy (non-hydrogen) atoms. The zero-order chi connectivity index (χ0) is 39.5. The number of furan rings is 1. The molecule has 0 spiro atoms.